The maximum Gasteiger partial charge on any atom is 0.387 e. The highest BCUT2D eigenvalue weighted by molar-refractivity contribution is 6.12. The molecule has 0 saturated heterocycles. The predicted octanol–water partition coefficient (Wildman–Crippen LogP) is 3.64. The molecule has 0 aromatic heterocycles. The largest absolute Gasteiger partial charge is 0.493 e. The summed E-state index contributed by atoms with van der Waals surface area (Å²) in [7, 11) is 1.33. The van der Waals surface area contributed by atoms with Crippen molar-refractivity contribution in [2.24, 2.45) is 4.99 Å². The molecule has 1 aliphatic rings. The van der Waals surface area contributed by atoms with Gasteiger partial charge in [0.25, 0.3) is 0 Å². The number of ether oxygens (including phenoxy) is 3. The van der Waals surface area contributed by atoms with Crippen molar-refractivity contribution < 1.29 is 27.8 Å². The zero-order chi connectivity index (χ0) is 17.8. The van der Waals surface area contributed by atoms with E-state index >= 15 is 0 Å². The van der Waals surface area contributed by atoms with Crippen LogP contribution in [0.3, 0.4) is 0 Å². The lowest BCUT2D eigenvalue weighted by molar-refractivity contribution is -0.129. The van der Waals surface area contributed by atoms with Crippen molar-refractivity contribution in [2.75, 3.05) is 7.11 Å². The number of benzene rings is 2. The van der Waals surface area contributed by atoms with E-state index in [1.54, 1.807) is 24.3 Å². The molecule has 0 atom stereocenters. The highest BCUT2D eigenvalue weighted by Crippen LogP contribution is 2.30. The summed E-state index contributed by atoms with van der Waals surface area (Å²) >= 11 is 0. The highest BCUT2D eigenvalue weighted by atomic mass is 19.3. The summed E-state index contributed by atoms with van der Waals surface area (Å²) in [5.74, 6) is -0.359. The molecular formula is C18H13F2NO4. The molecule has 0 bridgehead atoms. The van der Waals surface area contributed by atoms with Crippen LogP contribution >= 0.6 is 0 Å². The molecule has 0 fully saturated rings. The van der Waals surface area contributed by atoms with E-state index in [0.717, 1.165) is 0 Å². The molecule has 0 saturated carbocycles. The van der Waals surface area contributed by atoms with Crippen molar-refractivity contribution in [2.45, 2.75) is 6.61 Å². The highest BCUT2D eigenvalue weighted by Gasteiger charge is 2.24. The third kappa shape index (κ3) is 3.82. The molecular weight excluding hydrogens is 332 g/mol. The lowest BCUT2D eigenvalue weighted by atomic mass is 10.1. The first-order valence-corrected chi connectivity index (χ1v) is 7.27. The number of nitrogens with zero attached hydrogens (tertiary/aromatic N) is 1. The van der Waals surface area contributed by atoms with E-state index in [1.165, 1.54) is 31.4 Å². The van der Waals surface area contributed by atoms with Crippen LogP contribution in [0, 0.1) is 0 Å². The van der Waals surface area contributed by atoms with Crippen LogP contribution in [0.2, 0.25) is 0 Å². The molecule has 1 heterocycles. The topological polar surface area (TPSA) is 57.1 Å². The van der Waals surface area contributed by atoms with Crippen molar-refractivity contribution in [1.29, 1.82) is 0 Å². The van der Waals surface area contributed by atoms with Gasteiger partial charge in [-0.3, -0.25) is 0 Å². The third-order valence-electron chi connectivity index (χ3n) is 3.35. The van der Waals surface area contributed by atoms with E-state index in [0.29, 0.717) is 11.1 Å². The fourth-order valence-electron chi connectivity index (χ4n) is 2.24. The normalized spacial score (nSPS) is 15.3. The van der Waals surface area contributed by atoms with Gasteiger partial charge in [-0.25, -0.2) is 9.79 Å². The molecule has 128 valence electrons. The van der Waals surface area contributed by atoms with E-state index in [9.17, 15) is 13.6 Å². The monoisotopic (exact) mass is 345 g/mol. The molecule has 0 aliphatic carbocycles. The first-order chi connectivity index (χ1) is 12.1. The summed E-state index contributed by atoms with van der Waals surface area (Å²) in [6, 6.07) is 13.3. The van der Waals surface area contributed by atoms with Gasteiger partial charge >= 0.3 is 12.6 Å². The first-order valence-electron chi connectivity index (χ1n) is 7.27. The number of hydrogen-bond acceptors (Lipinski definition) is 5. The van der Waals surface area contributed by atoms with E-state index in [-0.39, 0.29) is 23.1 Å². The van der Waals surface area contributed by atoms with Crippen LogP contribution in [0.5, 0.6) is 11.5 Å². The number of alkyl halides is 2. The van der Waals surface area contributed by atoms with Gasteiger partial charge < -0.3 is 14.2 Å². The van der Waals surface area contributed by atoms with Crippen LogP contribution in [0.25, 0.3) is 6.08 Å². The Balaban J connectivity index is 1.89. The maximum absolute atomic E-state index is 12.4. The van der Waals surface area contributed by atoms with Gasteiger partial charge in [0.1, 0.15) is 0 Å². The number of cyclic esters (lactones) is 1. The molecule has 0 radical (unpaired) electrons. The molecule has 0 unspecified atom stereocenters. The molecule has 0 N–H and O–H groups in total. The van der Waals surface area contributed by atoms with Gasteiger partial charge in [0.2, 0.25) is 5.90 Å². The second-order valence-corrected chi connectivity index (χ2v) is 4.99. The van der Waals surface area contributed by atoms with Crippen LogP contribution in [0.15, 0.2) is 59.2 Å². The molecule has 0 amide bonds. The van der Waals surface area contributed by atoms with Gasteiger partial charge in [0.15, 0.2) is 17.2 Å². The fraction of sp³-hybridized carbons (Fsp3) is 0.111. The zero-order valence-electron chi connectivity index (χ0n) is 13.1. The Hall–Kier alpha value is -3.22. The Labute approximate surface area is 142 Å². The summed E-state index contributed by atoms with van der Waals surface area (Å²) in [5.41, 5.74) is 1.31. The minimum Gasteiger partial charge on any atom is -0.493 e. The SMILES string of the molecule is COc1cc(/C=C2/N=C(c3ccccc3)OC2=O)ccc1OC(F)F. The van der Waals surface area contributed by atoms with Gasteiger partial charge in [-0.05, 0) is 35.9 Å². The number of methoxy groups -OCH3 is 1. The van der Waals surface area contributed by atoms with Gasteiger partial charge in [0, 0.05) is 5.56 Å². The Bertz CT molecular complexity index is 847. The maximum atomic E-state index is 12.4. The molecule has 1 aliphatic heterocycles. The number of hydrogen-bond donors (Lipinski definition) is 0. The summed E-state index contributed by atoms with van der Waals surface area (Å²) in [6.45, 7) is -2.96. The number of rotatable bonds is 5. The van der Waals surface area contributed by atoms with Crippen LogP contribution < -0.4 is 9.47 Å². The number of halogens is 2. The molecule has 5 nitrogen and oxygen atoms in total. The lowest BCUT2D eigenvalue weighted by Crippen LogP contribution is -2.05. The van der Waals surface area contributed by atoms with Crippen molar-refractivity contribution >= 4 is 17.9 Å². The van der Waals surface area contributed by atoms with Gasteiger partial charge in [-0.1, -0.05) is 24.3 Å². The van der Waals surface area contributed by atoms with E-state index < -0.39 is 12.6 Å². The average molecular weight is 345 g/mol. The van der Waals surface area contributed by atoms with Crippen LogP contribution in [-0.2, 0) is 9.53 Å². The Morgan fingerprint density at radius 2 is 1.88 bits per heavy atom. The van der Waals surface area contributed by atoms with E-state index in [4.69, 9.17) is 9.47 Å². The van der Waals surface area contributed by atoms with Crippen molar-refractivity contribution in [3.05, 3.63) is 65.4 Å². The smallest absolute Gasteiger partial charge is 0.387 e. The molecule has 2 aromatic carbocycles. The van der Waals surface area contributed by atoms with E-state index in [1.807, 2.05) is 6.07 Å². The van der Waals surface area contributed by atoms with Crippen LogP contribution in [-0.4, -0.2) is 25.6 Å². The Morgan fingerprint density at radius 3 is 2.56 bits per heavy atom. The number of esters is 1. The Morgan fingerprint density at radius 1 is 1.12 bits per heavy atom. The van der Waals surface area contributed by atoms with Gasteiger partial charge in [0.05, 0.1) is 7.11 Å². The van der Waals surface area contributed by atoms with Gasteiger partial charge in [-0.15, -0.1) is 0 Å². The summed E-state index contributed by atoms with van der Waals surface area (Å²) in [6.07, 6.45) is 1.48. The van der Waals surface area contributed by atoms with Crippen LogP contribution in [0.1, 0.15) is 11.1 Å². The predicted molar refractivity (Wildman–Crippen MR) is 86.7 cm³/mol. The molecule has 7 heteroatoms. The summed E-state index contributed by atoms with van der Waals surface area (Å²) in [4.78, 5) is 16.1. The third-order valence-corrected chi connectivity index (χ3v) is 3.35. The second-order valence-electron chi connectivity index (χ2n) is 4.99. The quantitative estimate of drug-likeness (QED) is 0.613. The molecule has 3 rings (SSSR count). The zero-order valence-corrected chi connectivity index (χ0v) is 13.1. The fourth-order valence-corrected chi connectivity index (χ4v) is 2.24. The van der Waals surface area contributed by atoms with Crippen molar-refractivity contribution in [3.63, 3.8) is 0 Å². The minimum atomic E-state index is -2.96. The van der Waals surface area contributed by atoms with Crippen LogP contribution in [0.4, 0.5) is 8.78 Å². The lowest BCUT2D eigenvalue weighted by Gasteiger charge is -2.10. The number of carbonyl (C=O) groups excluding carboxylic acids is 1. The summed E-state index contributed by atoms with van der Waals surface area (Å²) < 4.78 is 39.2. The van der Waals surface area contributed by atoms with Crippen molar-refractivity contribution in [1.82, 2.24) is 0 Å². The minimum absolute atomic E-state index is 0.0953. The van der Waals surface area contributed by atoms with Gasteiger partial charge in [-0.2, -0.15) is 8.78 Å². The average Bonchev–Trinajstić information content (AvgIpc) is 2.97. The standard InChI is InChI=1S/C18H13F2NO4/c1-23-15-10-11(7-8-14(15)24-18(19)20)9-13-17(22)25-16(21-13)12-5-3-2-4-6-12/h2-10,18H,1H3/b13-9+. The number of aliphatic imine (C=N–C) groups is 1. The molecule has 0 spiro atoms. The first kappa shape index (κ1) is 16.6. The van der Waals surface area contributed by atoms with Crippen molar-refractivity contribution in [3.8, 4) is 11.5 Å². The summed E-state index contributed by atoms with van der Waals surface area (Å²) in [5, 5.41) is 0. The number of carbonyl (C=O) groups is 1. The second kappa shape index (κ2) is 7.12. The molecule has 2 aromatic rings. The Kier molecular flexibility index (Phi) is 4.74. The van der Waals surface area contributed by atoms with E-state index in [2.05, 4.69) is 9.73 Å². The molecule has 25 heavy (non-hydrogen) atoms.